The fourth-order valence-corrected chi connectivity index (χ4v) is 9.54. The summed E-state index contributed by atoms with van der Waals surface area (Å²) in [4.78, 5) is 83.3. The first-order chi connectivity index (χ1) is 25.4. The van der Waals surface area contributed by atoms with Gasteiger partial charge in [-0.2, -0.15) is 0 Å². The van der Waals surface area contributed by atoms with Crippen LogP contribution in [0.1, 0.15) is 31.2 Å². The number of halogens is 3. The molecule has 2 aliphatic heterocycles. The molecule has 4 aliphatic rings. The minimum absolute atomic E-state index is 0.0132. The van der Waals surface area contributed by atoms with Crippen molar-refractivity contribution in [2.45, 2.75) is 25.7 Å². The molecule has 6 unspecified atom stereocenters. The zero-order chi connectivity index (χ0) is 39.3. The molecule has 3 fully saturated rings. The van der Waals surface area contributed by atoms with Gasteiger partial charge in [-0.15, -0.1) is 0 Å². The second-order valence-electron chi connectivity index (χ2n) is 14.1. The smallest absolute Gasteiger partial charge is 0.301 e. The topological polar surface area (TPSA) is 194 Å². The maximum Gasteiger partial charge on any atom is 0.301 e. The lowest BCUT2D eigenvalue weighted by Crippen LogP contribution is -2.49. The van der Waals surface area contributed by atoms with E-state index in [2.05, 4.69) is 15.9 Å². The molecule has 0 spiro atoms. The van der Waals surface area contributed by atoms with E-state index in [1.165, 1.54) is 38.2 Å². The third-order valence-electron chi connectivity index (χ3n) is 11.2. The number of anilines is 3. The van der Waals surface area contributed by atoms with E-state index in [1.54, 1.807) is 19.1 Å². The SMILES string of the molecule is COc1cc(Br)cc(C2C3=CCC4C(=O)N(c5cc([N+](=O)[O-])c(N(C)C)c([N+](=O)[O-])c5)C(=O)C4C3CC3C(=O)N(c4ccc(F)c(Cl)c4)C(=O)C32C)c1O. The molecule has 7 rings (SSSR count). The predicted octanol–water partition coefficient (Wildman–Crippen LogP) is 6.27. The van der Waals surface area contributed by atoms with Gasteiger partial charge in [-0.1, -0.05) is 39.2 Å². The zero-order valence-corrected chi connectivity index (χ0v) is 31.3. The van der Waals surface area contributed by atoms with E-state index in [0.717, 1.165) is 34.1 Å². The van der Waals surface area contributed by atoms with Crippen LogP contribution in [0.2, 0.25) is 5.02 Å². The number of hydrogen-bond acceptors (Lipinski definition) is 11. The van der Waals surface area contributed by atoms with Crippen molar-refractivity contribution in [3.05, 3.63) is 95.2 Å². The molecule has 18 heteroatoms. The third-order valence-corrected chi connectivity index (χ3v) is 11.9. The van der Waals surface area contributed by atoms with Crippen LogP contribution in [0.5, 0.6) is 11.5 Å². The Morgan fingerprint density at radius 1 is 0.963 bits per heavy atom. The molecule has 2 aliphatic carbocycles. The number of nitro benzene ring substituents is 2. The van der Waals surface area contributed by atoms with Gasteiger partial charge in [0.05, 0.1) is 56.5 Å². The molecule has 280 valence electrons. The Morgan fingerprint density at radius 3 is 2.19 bits per heavy atom. The van der Waals surface area contributed by atoms with Crippen molar-refractivity contribution in [3.63, 3.8) is 0 Å². The van der Waals surface area contributed by atoms with Gasteiger partial charge in [-0.25, -0.2) is 14.2 Å². The summed E-state index contributed by atoms with van der Waals surface area (Å²) in [7, 11) is 4.11. The minimum Gasteiger partial charge on any atom is -0.504 e. The number of phenols is 1. The quantitative estimate of drug-likeness (QED) is 0.122. The number of imide groups is 2. The highest BCUT2D eigenvalue weighted by molar-refractivity contribution is 9.10. The predicted molar refractivity (Wildman–Crippen MR) is 195 cm³/mol. The van der Waals surface area contributed by atoms with E-state index >= 15 is 0 Å². The summed E-state index contributed by atoms with van der Waals surface area (Å²) in [6, 6.07) is 8.40. The first-order valence-corrected chi connectivity index (χ1v) is 17.7. The molecule has 3 aromatic carbocycles. The lowest BCUT2D eigenvalue weighted by atomic mass is 9.51. The van der Waals surface area contributed by atoms with Gasteiger partial charge in [0.1, 0.15) is 5.82 Å². The monoisotopic (exact) mass is 825 g/mol. The largest absolute Gasteiger partial charge is 0.504 e. The van der Waals surface area contributed by atoms with Crippen molar-refractivity contribution in [3.8, 4) is 11.5 Å². The van der Waals surface area contributed by atoms with E-state index < -0.39 is 85.7 Å². The number of amides is 4. The number of phenolic OH excluding ortho intramolecular Hbond substituents is 1. The van der Waals surface area contributed by atoms with Gasteiger partial charge >= 0.3 is 11.4 Å². The Hall–Kier alpha value is -5.42. The van der Waals surface area contributed by atoms with Crippen LogP contribution in [0.3, 0.4) is 0 Å². The number of carbonyl (C=O) groups is 4. The Labute approximate surface area is 319 Å². The molecule has 2 heterocycles. The number of fused-ring (bicyclic) bond motifs is 4. The molecule has 54 heavy (non-hydrogen) atoms. The Balaban J connectivity index is 1.39. The van der Waals surface area contributed by atoms with Crippen LogP contribution >= 0.6 is 27.5 Å². The van der Waals surface area contributed by atoms with E-state index in [0.29, 0.717) is 10.0 Å². The highest BCUT2D eigenvalue weighted by Crippen LogP contribution is 2.65. The summed E-state index contributed by atoms with van der Waals surface area (Å²) < 4.78 is 20.1. The van der Waals surface area contributed by atoms with Crippen molar-refractivity contribution in [2.24, 2.45) is 29.1 Å². The van der Waals surface area contributed by atoms with Crippen molar-refractivity contribution < 1.29 is 43.3 Å². The van der Waals surface area contributed by atoms with Crippen molar-refractivity contribution in [1.82, 2.24) is 0 Å². The van der Waals surface area contributed by atoms with Gasteiger partial charge in [0.2, 0.25) is 23.6 Å². The minimum atomic E-state index is -1.59. The Bertz CT molecular complexity index is 2250. The molecule has 3 aromatic rings. The van der Waals surface area contributed by atoms with E-state index in [-0.39, 0.29) is 52.0 Å². The maximum atomic E-state index is 14.7. The van der Waals surface area contributed by atoms with Crippen LogP contribution in [-0.2, 0) is 19.2 Å². The van der Waals surface area contributed by atoms with Gasteiger partial charge in [0.15, 0.2) is 17.2 Å². The van der Waals surface area contributed by atoms with Gasteiger partial charge < -0.3 is 14.7 Å². The Kier molecular flexibility index (Phi) is 8.80. The third kappa shape index (κ3) is 5.19. The second kappa shape index (κ2) is 12.9. The molecule has 0 bridgehead atoms. The fraction of sp³-hybridized carbons (Fsp3) is 0.333. The highest BCUT2D eigenvalue weighted by Gasteiger charge is 2.68. The maximum absolute atomic E-state index is 14.7. The molecule has 0 aromatic heterocycles. The standard InChI is InChI=1S/C36H30BrClFN5O10/c1-36-22(33(47)42(35(36)49)16-5-8-24(39)23(38)11-16)14-20-18(29(36)21-9-15(37)10-27(54-4)31(21)45)6-7-19-28(20)34(48)41(32(19)46)17-12-25(43(50)51)30(40(2)3)26(13-17)44(52)53/h5-6,8-13,19-20,22,28-29,45H,7,14H2,1-4H3. The number of rotatable bonds is 7. The number of ether oxygens (including phenoxy) is 1. The van der Waals surface area contributed by atoms with Crippen molar-refractivity contribution in [1.29, 1.82) is 0 Å². The molecule has 2 saturated heterocycles. The molecule has 1 N–H and O–H groups in total. The summed E-state index contributed by atoms with van der Waals surface area (Å²) in [5.74, 6) is -9.16. The summed E-state index contributed by atoms with van der Waals surface area (Å²) in [6.45, 7) is 1.59. The van der Waals surface area contributed by atoms with E-state index in [1.807, 2.05) is 0 Å². The summed E-state index contributed by atoms with van der Waals surface area (Å²) >= 11 is 9.51. The summed E-state index contributed by atoms with van der Waals surface area (Å²) in [5, 5.41) is 35.5. The normalized spacial score (nSPS) is 26.0. The number of carbonyl (C=O) groups excluding carboxylic acids is 4. The van der Waals surface area contributed by atoms with Gasteiger partial charge in [-0.3, -0.25) is 39.4 Å². The first kappa shape index (κ1) is 36.9. The zero-order valence-electron chi connectivity index (χ0n) is 28.9. The Morgan fingerprint density at radius 2 is 1.61 bits per heavy atom. The van der Waals surface area contributed by atoms with Crippen LogP contribution in [0.25, 0.3) is 0 Å². The van der Waals surface area contributed by atoms with Crippen molar-refractivity contribution in [2.75, 3.05) is 35.9 Å². The number of nitro groups is 2. The molecule has 1 saturated carbocycles. The number of hydrogen-bond donors (Lipinski definition) is 1. The molecule has 6 atom stereocenters. The van der Waals surface area contributed by atoms with Crippen LogP contribution < -0.4 is 19.4 Å². The van der Waals surface area contributed by atoms with Crippen LogP contribution in [0, 0.1) is 55.1 Å². The lowest BCUT2D eigenvalue weighted by Gasteiger charge is -2.49. The van der Waals surface area contributed by atoms with Crippen LogP contribution in [-0.4, -0.2) is 59.8 Å². The lowest BCUT2D eigenvalue weighted by molar-refractivity contribution is -0.392. The van der Waals surface area contributed by atoms with Crippen molar-refractivity contribution >= 4 is 79.6 Å². The van der Waals surface area contributed by atoms with Gasteiger partial charge in [-0.05, 0) is 56.0 Å². The van der Waals surface area contributed by atoms with E-state index in [4.69, 9.17) is 16.3 Å². The highest BCUT2D eigenvalue weighted by atomic mass is 79.9. The molecule has 15 nitrogen and oxygen atoms in total. The number of allylic oxidation sites excluding steroid dienone is 2. The number of nitrogens with zero attached hydrogens (tertiary/aromatic N) is 5. The van der Waals surface area contributed by atoms with Crippen LogP contribution in [0.15, 0.2) is 58.6 Å². The number of benzene rings is 3. The molecular formula is C36H30BrClFN5O10. The molecule has 4 amide bonds. The average molecular weight is 827 g/mol. The number of methoxy groups -OCH3 is 1. The van der Waals surface area contributed by atoms with E-state index in [9.17, 15) is 48.9 Å². The summed E-state index contributed by atoms with van der Waals surface area (Å²) in [6.07, 6.45) is 1.59. The fourth-order valence-electron chi connectivity index (χ4n) is 8.91. The first-order valence-electron chi connectivity index (χ1n) is 16.6. The summed E-state index contributed by atoms with van der Waals surface area (Å²) in [5.41, 5.74) is -2.96. The number of aromatic hydroxyl groups is 1. The molecule has 0 radical (unpaired) electrons. The van der Waals surface area contributed by atoms with Crippen LogP contribution in [0.4, 0.5) is 32.8 Å². The van der Waals surface area contributed by atoms with Gasteiger partial charge in [0, 0.05) is 42.2 Å². The average Bonchev–Trinajstić information content (AvgIpc) is 3.49. The second-order valence-corrected chi connectivity index (χ2v) is 15.4. The van der Waals surface area contributed by atoms with Gasteiger partial charge in [0.25, 0.3) is 0 Å². The molecular weight excluding hydrogens is 797 g/mol.